The predicted octanol–water partition coefficient (Wildman–Crippen LogP) is 3.81. The largest absolute Gasteiger partial charge is 0.493 e. The number of piperidine rings is 1. The maximum atomic E-state index is 13.1. The molecule has 3 aromatic rings. The lowest BCUT2D eigenvalue weighted by molar-refractivity contribution is 0.0711. The number of aromatic nitrogens is 2. The van der Waals surface area contributed by atoms with Crippen LogP contribution in [0.3, 0.4) is 0 Å². The standard InChI is InChI=1S/C24H25FN4O3/c1-31-22-14-18(4-8-21(22)32-15-16-2-5-19(25)6-3-16)24(30)29-12-10-17(11-13-29)20-7-9-23(26)28-27-20/h2-9,14,17H,10-13,15H2,1H3,(H2,26,28). The zero-order chi connectivity index (χ0) is 22.5. The summed E-state index contributed by atoms with van der Waals surface area (Å²) in [7, 11) is 1.54. The predicted molar refractivity (Wildman–Crippen MR) is 118 cm³/mol. The number of nitrogens with zero attached hydrogens (tertiary/aromatic N) is 3. The lowest BCUT2D eigenvalue weighted by Gasteiger charge is -2.31. The number of hydrogen-bond acceptors (Lipinski definition) is 6. The fourth-order valence-electron chi connectivity index (χ4n) is 3.79. The Morgan fingerprint density at radius 3 is 2.47 bits per heavy atom. The van der Waals surface area contributed by atoms with Gasteiger partial charge >= 0.3 is 0 Å². The summed E-state index contributed by atoms with van der Waals surface area (Å²) in [6.45, 7) is 1.55. The Morgan fingerprint density at radius 2 is 1.81 bits per heavy atom. The maximum absolute atomic E-state index is 13.1. The number of nitrogen functional groups attached to an aromatic ring is 1. The van der Waals surface area contributed by atoms with Crippen LogP contribution in [0.25, 0.3) is 0 Å². The van der Waals surface area contributed by atoms with Crippen LogP contribution in [0.1, 0.15) is 40.4 Å². The smallest absolute Gasteiger partial charge is 0.253 e. The molecule has 1 aliphatic rings. The second-order valence-electron chi connectivity index (χ2n) is 7.73. The van der Waals surface area contributed by atoms with Crippen LogP contribution in [0.15, 0.2) is 54.6 Å². The van der Waals surface area contributed by atoms with Crippen molar-refractivity contribution in [2.45, 2.75) is 25.4 Å². The van der Waals surface area contributed by atoms with E-state index in [9.17, 15) is 9.18 Å². The molecule has 0 radical (unpaired) electrons. The second-order valence-corrected chi connectivity index (χ2v) is 7.73. The van der Waals surface area contributed by atoms with Crippen molar-refractivity contribution in [3.63, 3.8) is 0 Å². The first-order valence-electron chi connectivity index (χ1n) is 10.5. The Morgan fingerprint density at radius 1 is 1.06 bits per heavy atom. The van der Waals surface area contributed by atoms with Crippen molar-refractivity contribution in [2.24, 2.45) is 0 Å². The summed E-state index contributed by atoms with van der Waals surface area (Å²) in [5.74, 6) is 1.33. The second kappa shape index (κ2) is 9.64. The van der Waals surface area contributed by atoms with E-state index in [1.54, 1.807) is 36.4 Å². The number of nitrogens with two attached hydrogens (primary N) is 1. The Kier molecular flexibility index (Phi) is 6.49. The number of likely N-dealkylation sites (tertiary alicyclic amines) is 1. The van der Waals surface area contributed by atoms with Gasteiger partial charge in [-0.15, -0.1) is 5.10 Å². The van der Waals surface area contributed by atoms with Gasteiger partial charge in [0.25, 0.3) is 5.91 Å². The number of amides is 1. The Bertz CT molecular complexity index is 1070. The van der Waals surface area contributed by atoms with Crippen LogP contribution in [0.5, 0.6) is 11.5 Å². The van der Waals surface area contributed by atoms with Gasteiger partial charge in [0.05, 0.1) is 12.8 Å². The van der Waals surface area contributed by atoms with Gasteiger partial charge in [0.15, 0.2) is 11.5 Å². The molecule has 0 atom stereocenters. The first-order chi connectivity index (χ1) is 15.5. The van der Waals surface area contributed by atoms with E-state index >= 15 is 0 Å². The molecule has 32 heavy (non-hydrogen) atoms. The number of benzene rings is 2. The number of anilines is 1. The van der Waals surface area contributed by atoms with Crippen LogP contribution >= 0.6 is 0 Å². The molecular weight excluding hydrogens is 411 g/mol. The molecule has 2 heterocycles. The third kappa shape index (κ3) is 4.96. The molecule has 4 rings (SSSR count). The van der Waals surface area contributed by atoms with Crippen molar-refractivity contribution in [3.05, 3.63) is 77.2 Å². The third-order valence-electron chi connectivity index (χ3n) is 5.62. The van der Waals surface area contributed by atoms with Gasteiger partial charge in [-0.3, -0.25) is 4.79 Å². The molecule has 1 saturated heterocycles. The zero-order valence-corrected chi connectivity index (χ0v) is 17.8. The molecule has 1 fully saturated rings. The summed E-state index contributed by atoms with van der Waals surface area (Å²) in [5, 5.41) is 8.10. The fourth-order valence-corrected chi connectivity index (χ4v) is 3.79. The summed E-state index contributed by atoms with van der Waals surface area (Å²) < 4.78 is 24.3. The van der Waals surface area contributed by atoms with Crippen molar-refractivity contribution in [2.75, 3.05) is 25.9 Å². The minimum Gasteiger partial charge on any atom is -0.493 e. The number of carbonyl (C=O) groups is 1. The maximum Gasteiger partial charge on any atom is 0.253 e. The highest BCUT2D eigenvalue weighted by molar-refractivity contribution is 5.95. The van der Waals surface area contributed by atoms with E-state index in [1.807, 2.05) is 11.0 Å². The molecule has 7 nitrogen and oxygen atoms in total. The van der Waals surface area contributed by atoms with Gasteiger partial charge in [0, 0.05) is 24.6 Å². The molecule has 0 unspecified atom stereocenters. The van der Waals surface area contributed by atoms with E-state index in [0.717, 1.165) is 24.1 Å². The lowest BCUT2D eigenvalue weighted by Crippen LogP contribution is -2.38. The molecule has 1 amide bonds. The molecule has 2 N–H and O–H groups in total. The molecule has 2 aromatic carbocycles. The van der Waals surface area contributed by atoms with E-state index in [4.69, 9.17) is 15.2 Å². The summed E-state index contributed by atoms with van der Waals surface area (Å²) in [5.41, 5.74) is 7.90. The molecule has 0 bridgehead atoms. The van der Waals surface area contributed by atoms with Crippen molar-refractivity contribution in [3.8, 4) is 11.5 Å². The lowest BCUT2D eigenvalue weighted by atomic mass is 9.93. The molecule has 0 aliphatic carbocycles. The van der Waals surface area contributed by atoms with Gasteiger partial charge in [-0.2, -0.15) is 5.10 Å². The average Bonchev–Trinajstić information content (AvgIpc) is 2.84. The highest BCUT2D eigenvalue weighted by Gasteiger charge is 2.26. The molecule has 8 heteroatoms. The molecule has 1 aromatic heterocycles. The van der Waals surface area contributed by atoms with E-state index in [-0.39, 0.29) is 24.2 Å². The topological polar surface area (TPSA) is 90.6 Å². The van der Waals surface area contributed by atoms with Gasteiger partial charge in [0.1, 0.15) is 18.2 Å². The van der Waals surface area contributed by atoms with E-state index in [1.165, 1.54) is 19.2 Å². The van der Waals surface area contributed by atoms with Crippen molar-refractivity contribution >= 4 is 11.7 Å². The van der Waals surface area contributed by atoms with Gasteiger partial charge in [-0.25, -0.2) is 4.39 Å². The monoisotopic (exact) mass is 436 g/mol. The first kappa shape index (κ1) is 21.5. The summed E-state index contributed by atoms with van der Waals surface area (Å²) >= 11 is 0. The van der Waals surface area contributed by atoms with Crippen LogP contribution in [-0.4, -0.2) is 41.2 Å². The zero-order valence-electron chi connectivity index (χ0n) is 17.8. The molecule has 166 valence electrons. The highest BCUT2D eigenvalue weighted by atomic mass is 19.1. The van der Waals surface area contributed by atoms with Gasteiger partial charge in [0.2, 0.25) is 0 Å². The number of carbonyl (C=O) groups excluding carboxylic acids is 1. The van der Waals surface area contributed by atoms with Crippen molar-refractivity contribution in [1.82, 2.24) is 15.1 Å². The number of ether oxygens (including phenoxy) is 2. The van der Waals surface area contributed by atoms with E-state index in [0.29, 0.717) is 36.0 Å². The van der Waals surface area contributed by atoms with Gasteiger partial charge in [-0.1, -0.05) is 12.1 Å². The highest BCUT2D eigenvalue weighted by Crippen LogP contribution is 2.31. The SMILES string of the molecule is COc1cc(C(=O)N2CCC(c3ccc(N)nn3)CC2)ccc1OCc1ccc(F)cc1. The summed E-state index contributed by atoms with van der Waals surface area (Å²) in [4.78, 5) is 14.9. The number of rotatable bonds is 6. The van der Waals surface area contributed by atoms with Gasteiger partial charge < -0.3 is 20.1 Å². The van der Waals surface area contributed by atoms with Crippen LogP contribution in [0.4, 0.5) is 10.2 Å². The Hall–Kier alpha value is -3.68. The summed E-state index contributed by atoms with van der Waals surface area (Å²) in [6.07, 6.45) is 1.64. The molecule has 1 aliphatic heterocycles. The van der Waals surface area contributed by atoms with Crippen LogP contribution < -0.4 is 15.2 Å². The molecular formula is C24H25FN4O3. The van der Waals surface area contributed by atoms with Crippen LogP contribution in [0.2, 0.25) is 0 Å². The first-order valence-corrected chi connectivity index (χ1v) is 10.5. The normalized spacial score (nSPS) is 14.2. The third-order valence-corrected chi connectivity index (χ3v) is 5.62. The number of hydrogen-bond donors (Lipinski definition) is 1. The minimum absolute atomic E-state index is 0.0461. The summed E-state index contributed by atoms with van der Waals surface area (Å²) in [6, 6.07) is 14.9. The van der Waals surface area contributed by atoms with Crippen molar-refractivity contribution < 1.29 is 18.7 Å². The average molecular weight is 436 g/mol. The quantitative estimate of drug-likeness (QED) is 0.632. The molecule has 0 saturated carbocycles. The Balaban J connectivity index is 1.38. The van der Waals surface area contributed by atoms with E-state index < -0.39 is 0 Å². The Labute approximate surface area is 186 Å². The van der Waals surface area contributed by atoms with Crippen LogP contribution in [-0.2, 0) is 6.61 Å². The van der Waals surface area contributed by atoms with E-state index in [2.05, 4.69) is 10.2 Å². The number of methoxy groups -OCH3 is 1. The number of halogens is 1. The molecule has 0 spiro atoms. The fraction of sp³-hybridized carbons (Fsp3) is 0.292. The van der Waals surface area contributed by atoms with Crippen LogP contribution in [0, 0.1) is 5.82 Å². The van der Waals surface area contributed by atoms with Crippen molar-refractivity contribution in [1.29, 1.82) is 0 Å². The minimum atomic E-state index is -0.292. The van der Waals surface area contributed by atoms with Gasteiger partial charge in [-0.05, 0) is 60.9 Å².